The lowest BCUT2D eigenvalue weighted by molar-refractivity contribution is -0.139. The normalized spacial score (nSPS) is 21.7. The van der Waals surface area contributed by atoms with Gasteiger partial charge in [0.05, 0.1) is 25.3 Å². The number of carbonyl (C=O) groups is 3. The van der Waals surface area contributed by atoms with Crippen LogP contribution in [0.25, 0.3) is 0 Å². The smallest absolute Gasteiger partial charge is 0.338 e. The van der Waals surface area contributed by atoms with Gasteiger partial charge in [-0.05, 0) is 25.8 Å². The molecule has 1 aliphatic carbocycles. The third-order valence-corrected chi connectivity index (χ3v) is 6.51. The number of urea groups is 1. The minimum atomic E-state index is -0.684. The van der Waals surface area contributed by atoms with Crippen molar-refractivity contribution in [1.82, 2.24) is 20.0 Å². The number of ether oxygens (including phenoxy) is 2. The lowest BCUT2D eigenvalue weighted by Crippen LogP contribution is -2.53. The predicted molar refractivity (Wildman–Crippen MR) is 121 cm³/mol. The third kappa shape index (κ3) is 4.83. The zero-order chi connectivity index (χ0) is 23.5. The summed E-state index contributed by atoms with van der Waals surface area (Å²) in [5, 5.41) is 2.93. The van der Waals surface area contributed by atoms with Crippen LogP contribution in [0.5, 0.6) is 5.75 Å². The van der Waals surface area contributed by atoms with Crippen LogP contribution in [0.15, 0.2) is 35.5 Å². The second kappa shape index (κ2) is 9.82. The van der Waals surface area contributed by atoms with Crippen molar-refractivity contribution in [3.63, 3.8) is 0 Å². The monoisotopic (exact) mass is 456 g/mol. The van der Waals surface area contributed by atoms with Gasteiger partial charge in [-0.2, -0.15) is 0 Å². The molecular formula is C24H32N4O5. The number of nitrogens with one attached hydrogen (secondary N) is 1. The number of likely N-dealkylation sites (N-methyl/N-ethyl adjacent to an activating group) is 1. The first-order chi connectivity index (χ1) is 15.9. The van der Waals surface area contributed by atoms with Gasteiger partial charge in [-0.15, -0.1) is 0 Å². The van der Waals surface area contributed by atoms with E-state index in [0.29, 0.717) is 55.3 Å². The fourth-order valence-electron chi connectivity index (χ4n) is 4.46. The Morgan fingerprint density at radius 1 is 1.12 bits per heavy atom. The molecule has 3 amide bonds. The Morgan fingerprint density at radius 3 is 2.45 bits per heavy atom. The van der Waals surface area contributed by atoms with Crippen LogP contribution in [-0.2, 0) is 14.3 Å². The van der Waals surface area contributed by atoms with Crippen molar-refractivity contribution in [3.8, 4) is 5.75 Å². The van der Waals surface area contributed by atoms with Crippen molar-refractivity contribution < 1.29 is 23.9 Å². The molecule has 2 fully saturated rings. The first-order valence-electron chi connectivity index (χ1n) is 11.5. The molecule has 0 spiro atoms. The zero-order valence-electron chi connectivity index (χ0n) is 19.5. The molecule has 3 aliphatic rings. The molecule has 2 aliphatic heterocycles. The Bertz CT molecular complexity index is 950. The maximum absolute atomic E-state index is 13.1. The summed E-state index contributed by atoms with van der Waals surface area (Å²) in [6, 6.07) is 6.36. The number of para-hydroxylation sites is 1. The lowest BCUT2D eigenvalue weighted by Gasteiger charge is -2.39. The van der Waals surface area contributed by atoms with Crippen LogP contribution in [0.1, 0.15) is 31.4 Å². The van der Waals surface area contributed by atoms with Crippen molar-refractivity contribution in [2.24, 2.45) is 5.92 Å². The summed E-state index contributed by atoms with van der Waals surface area (Å²) in [6.07, 6.45) is 2.00. The van der Waals surface area contributed by atoms with E-state index in [0.717, 1.165) is 12.8 Å². The summed E-state index contributed by atoms with van der Waals surface area (Å²) in [4.78, 5) is 44.0. The molecule has 0 unspecified atom stereocenters. The summed E-state index contributed by atoms with van der Waals surface area (Å²) >= 11 is 0. The minimum absolute atomic E-state index is 0.212. The number of hydrogen-bond acceptors (Lipinski definition) is 6. The Labute approximate surface area is 194 Å². The number of methoxy groups -OCH3 is 1. The third-order valence-electron chi connectivity index (χ3n) is 6.51. The van der Waals surface area contributed by atoms with E-state index < -0.39 is 12.0 Å². The van der Waals surface area contributed by atoms with Gasteiger partial charge in [0.15, 0.2) is 0 Å². The second-order valence-corrected chi connectivity index (χ2v) is 8.64. The second-order valence-electron chi connectivity index (χ2n) is 8.64. The number of amides is 3. The number of piperazine rings is 1. The maximum atomic E-state index is 13.1. The van der Waals surface area contributed by atoms with Gasteiger partial charge in [-0.25, -0.2) is 9.59 Å². The zero-order valence-corrected chi connectivity index (χ0v) is 19.5. The maximum Gasteiger partial charge on any atom is 0.338 e. The molecule has 1 aromatic carbocycles. The molecule has 178 valence electrons. The number of benzene rings is 1. The molecule has 1 N–H and O–H groups in total. The molecule has 1 saturated heterocycles. The average Bonchev–Trinajstić information content (AvgIpc) is 3.67. The van der Waals surface area contributed by atoms with Gasteiger partial charge in [-0.1, -0.05) is 18.2 Å². The number of carbonyl (C=O) groups excluding carboxylic acids is 3. The van der Waals surface area contributed by atoms with E-state index in [1.807, 2.05) is 23.1 Å². The number of nitrogens with zero attached hydrogens (tertiary/aromatic N) is 3. The van der Waals surface area contributed by atoms with E-state index >= 15 is 0 Å². The van der Waals surface area contributed by atoms with E-state index in [4.69, 9.17) is 9.47 Å². The average molecular weight is 457 g/mol. The van der Waals surface area contributed by atoms with Gasteiger partial charge < -0.3 is 19.7 Å². The van der Waals surface area contributed by atoms with Gasteiger partial charge in [0, 0.05) is 56.9 Å². The molecule has 0 aromatic heterocycles. The standard InChI is InChI=1S/C24H32N4O5/c1-4-33-23(30)20-18(15-27-11-13-28(14-12-27)22(29)16-9-10-16)26(2)24(31)25-21(20)17-7-5-6-8-19(17)32-3/h5-8,16,21H,4,9-15H2,1-3H3,(H,25,31)/t21-/m0/s1. The van der Waals surface area contributed by atoms with Crippen LogP contribution in [-0.4, -0.2) is 86.1 Å². The van der Waals surface area contributed by atoms with Gasteiger partial charge in [0.25, 0.3) is 0 Å². The van der Waals surface area contributed by atoms with Gasteiger partial charge in [0.1, 0.15) is 5.75 Å². The predicted octanol–water partition coefficient (Wildman–Crippen LogP) is 1.76. The number of esters is 1. The Balaban J connectivity index is 1.63. The summed E-state index contributed by atoms with van der Waals surface area (Å²) in [7, 11) is 3.22. The van der Waals surface area contributed by atoms with Crippen molar-refractivity contribution in [1.29, 1.82) is 0 Å². The highest BCUT2D eigenvalue weighted by Gasteiger charge is 2.39. The van der Waals surface area contributed by atoms with Gasteiger partial charge >= 0.3 is 12.0 Å². The highest BCUT2D eigenvalue weighted by molar-refractivity contribution is 5.95. The fraction of sp³-hybridized carbons (Fsp3) is 0.542. The molecule has 1 atom stereocenters. The highest BCUT2D eigenvalue weighted by atomic mass is 16.5. The van der Waals surface area contributed by atoms with E-state index in [-0.39, 0.29) is 24.5 Å². The van der Waals surface area contributed by atoms with E-state index in [9.17, 15) is 14.4 Å². The van der Waals surface area contributed by atoms with E-state index in [1.54, 1.807) is 27.1 Å². The molecule has 2 heterocycles. The summed E-state index contributed by atoms with van der Waals surface area (Å²) in [6.45, 7) is 5.09. The largest absolute Gasteiger partial charge is 0.496 e. The molecule has 1 aromatic rings. The fourth-order valence-corrected chi connectivity index (χ4v) is 4.46. The van der Waals surface area contributed by atoms with Crippen molar-refractivity contribution in [3.05, 3.63) is 41.1 Å². The molecule has 9 heteroatoms. The van der Waals surface area contributed by atoms with Crippen LogP contribution >= 0.6 is 0 Å². The van der Waals surface area contributed by atoms with Gasteiger partial charge in [0.2, 0.25) is 5.91 Å². The Kier molecular flexibility index (Phi) is 6.88. The molecular weight excluding hydrogens is 424 g/mol. The quantitative estimate of drug-likeness (QED) is 0.629. The van der Waals surface area contributed by atoms with Crippen LogP contribution in [0.4, 0.5) is 4.79 Å². The molecule has 1 saturated carbocycles. The minimum Gasteiger partial charge on any atom is -0.496 e. The molecule has 4 rings (SSSR count). The van der Waals surface area contributed by atoms with E-state index in [2.05, 4.69) is 10.2 Å². The Hall–Kier alpha value is -3.07. The highest BCUT2D eigenvalue weighted by Crippen LogP contribution is 2.36. The first kappa shape index (κ1) is 23.1. The summed E-state index contributed by atoms with van der Waals surface area (Å²) < 4.78 is 10.9. The molecule has 33 heavy (non-hydrogen) atoms. The lowest BCUT2D eigenvalue weighted by atomic mass is 9.93. The van der Waals surface area contributed by atoms with Crippen LogP contribution in [0, 0.1) is 5.92 Å². The first-order valence-corrected chi connectivity index (χ1v) is 11.5. The number of hydrogen-bond donors (Lipinski definition) is 1. The molecule has 0 radical (unpaired) electrons. The van der Waals surface area contributed by atoms with Gasteiger partial charge in [-0.3, -0.25) is 14.6 Å². The van der Waals surface area contributed by atoms with Crippen LogP contribution < -0.4 is 10.1 Å². The van der Waals surface area contributed by atoms with E-state index in [1.165, 1.54) is 4.90 Å². The topological polar surface area (TPSA) is 91.4 Å². The molecule has 0 bridgehead atoms. The van der Waals surface area contributed by atoms with Crippen LogP contribution in [0.2, 0.25) is 0 Å². The number of rotatable bonds is 7. The van der Waals surface area contributed by atoms with Crippen molar-refractivity contribution in [2.75, 3.05) is 53.5 Å². The summed E-state index contributed by atoms with van der Waals surface area (Å²) in [5.74, 6) is 0.592. The van der Waals surface area contributed by atoms with Crippen molar-refractivity contribution in [2.45, 2.75) is 25.8 Å². The van der Waals surface area contributed by atoms with Crippen molar-refractivity contribution >= 4 is 17.9 Å². The summed E-state index contributed by atoms with van der Waals surface area (Å²) in [5.41, 5.74) is 1.71. The Morgan fingerprint density at radius 2 is 1.82 bits per heavy atom. The van der Waals surface area contributed by atoms with Crippen LogP contribution in [0.3, 0.4) is 0 Å². The molecule has 9 nitrogen and oxygen atoms in total. The SMILES string of the molecule is CCOC(=O)C1=C(CN2CCN(C(=O)C3CC3)CC2)N(C)C(=O)N[C@H]1c1ccccc1OC.